The van der Waals surface area contributed by atoms with E-state index in [1.807, 2.05) is 0 Å². The van der Waals surface area contributed by atoms with Gasteiger partial charge in [0, 0.05) is 12.8 Å². The number of rotatable bonds is 17. The molecule has 0 radical (unpaired) electrons. The SMILES string of the molecule is CCC(C)C(NC(=O)C(N)CC(N)=O)C(=O)NC(CCC(=O)O)C(=O)NC(CCC(N)=O)C(=O)O. The molecule has 0 rings (SSSR count). The van der Waals surface area contributed by atoms with Gasteiger partial charge in [-0.2, -0.15) is 0 Å². The van der Waals surface area contributed by atoms with Gasteiger partial charge in [0.1, 0.15) is 18.1 Å². The lowest BCUT2D eigenvalue weighted by molar-refractivity contribution is -0.143. The number of amides is 5. The summed E-state index contributed by atoms with van der Waals surface area (Å²) in [5.74, 6) is -7.52. The molecular weight excluding hydrogens is 468 g/mol. The van der Waals surface area contributed by atoms with Crippen molar-refractivity contribution >= 4 is 41.5 Å². The molecule has 198 valence electrons. The molecule has 0 saturated carbocycles. The largest absolute Gasteiger partial charge is 0.481 e. The molecule has 0 aliphatic rings. The number of carbonyl (C=O) groups excluding carboxylic acids is 5. The van der Waals surface area contributed by atoms with Crippen LogP contribution in [-0.2, 0) is 33.6 Å². The van der Waals surface area contributed by atoms with Crippen LogP contribution in [0.4, 0.5) is 0 Å². The Hall–Kier alpha value is -3.75. The van der Waals surface area contributed by atoms with Gasteiger partial charge >= 0.3 is 11.9 Å². The smallest absolute Gasteiger partial charge is 0.326 e. The lowest BCUT2D eigenvalue weighted by Gasteiger charge is -2.27. The topological polar surface area (TPSA) is 274 Å². The number of hydrogen-bond acceptors (Lipinski definition) is 8. The minimum Gasteiger partial charge on any atom is -0.481 e. The van der Waals surface area contributed by atoms with Crippen molar-refractivity contribution in [2.24, 2.45) is 23.1 Å². The normalized spacial score (nSPS) is 14.9. The molecule has 0 aromatic carbocycles. The summed E-state index contributed by atoms with van der Waals surface area (Å²) in [7, 11) is 0. The Morgan fingerprint density at radius 2 is 1.31 bits per heavy atom. The van der Waals surface area contributed by atoms with Gasteiger partial charge in [0.05, 0.1) is 12.5 Å². The summed E-state index contributed by atoms with van der Waals surface area (Å²) in [6, 6.07) is -5.52. The molecule has 0 saturated heterocycles. The van der Waals surface area contributed by atoms with Gasteiger partial charge in [-0.3, -0.25) is 28.8 Å². The fourth-order valence-electron chi connectivity index (χ4n) is 2.89. The second-order valence-electron chi connectivity index (χ2n) is 8.05. The van der Waals surface area contributed by atoms with Crippen LogP contribution >= 0.6 is 0 Å². The van der Waals surface area contributed by atoms with Crippen molar-refractivity contribution in [3.8, 4) is 0 Å². The zero-order chi connectivity index (χ0) is 27.3. The second-order valence-corrected chi connectivity index (χ2v) is 8.05. The summed E-state index contributed by atoms with van der Waals surface area (Å²) in [6.07, 6.45) is -1.65. The average molecular weight is 503 g/mol. The predicted molar refractivity (Wildman–Crippen MR) is 120 cm³/mol. The highest BCUT2D eigenvalue weighted by Gasteiger charge is 2.33. The average Bonchev–Trinajstić information content (AvgIpc) is 2.75. The molecule has 5 unspecified atom stereocenters. The number of primary amides is 2. The lowest BCUT2D eigenvalue weighted by atomic mass is 9.97. The van der Waals surface area contributed by atoms with E-state index in [0.717, 1.165) is 0 Å². The van der Waals surface area contributed by atoms with Crippen LogP contribution in [0.3, 0.4) is 0 Å². The first kappa shape index (κ1) is 31.2. The zero-order valence-corrected chi connectivity index (χ0v) is 19.6. The summed E-state index contributed by atoms with van der Waals surface area (Å²) in [5, 5.41) is 25.1. The number of hydrogen-bond donors (Lipinski definition) is 8. The van der Waals surface area contributed by atoms with Gasteiger partial charge in [0.15, 0.2) is 0 Å². The van der Waals surface area contributed by atoms with Crippen molar-refractivity contribution in [3.63, 3.8) is 0 Å². The molecule has 0 fully saturated rings. The first-order valence-electron chi connectivity index (χ1n) is 10.9. The molecular formula is C20H34N6O9. The van der Waals surface area contributed by atoms with E-state index < -0.39 is 90.8 Å². The van der Waals surface area contributed by atoms with E-state index in [1.54, 1.807) is 13.8 Å². The van der Waals surface area contributed by atoms with E-state index in [0.29, 0.717) is 6.42 Å². The van der Waals surface area contributed by atoms with Gasteiger partial charge in [0.2, 0.25) is 29.5 Å². The fourth-order valence-corrected chi connectivity index (χ4v) is 2.89. The molecule has 0 aromatic heterocycles. The zero-order valence-electron chi connectivity index (χ0n) is 19.6. The molecule has 0 spiro atoms. The minimum atomic E-state index is -1.52. The highest BCUT2D eigenvalue weighted by Crippen LogP contribution is 2.10. The first-order valence-corrected chi connectivity index (χ1v) is 10.9. The summed E-state index contributed by atoms with van der Waals surface area (Å²) in [5.41, 5.74) is 15.6. The Labute approximate surface area is 201 Å². The highest BCUT2D eigenvalue weighted by atomic mass is 16.4. The quantitative estimate of drug-likeness (QED) is 0.0991. The number of nitrogens with one attached hydrogen (secondary N) is 3. The van der Waals surface area contributed by atoms with Gasteiger partial charge in [0.25, 0.3) is 0 Å². The fraction of sp³-hybridized carbons (Fsp3) is 0.650. The third-order valence-electron chi connectivity index (χ3n) is 5.12. The van der Waals surface area contributed by atoms with Gasteiger partial charge in [-0.25, -0.2) is 4.79 Å². The molecule has 0 aliphatic heterocycles. The lowest BCUT2D eigenvalue weighted by Crippen LogP contribution is -2.58. The molecule has 35 heavy (non-hydrogen) atoms. The Bertz CT molecular complexity index is 819. The summed E-state index contributed by atoms with van der Waals surface area (Å²) in [6.45, 7) is 3.35. The molecule has 15 heteroatoms. The molecule has 0 aliphatic carbocycles. The van der Waals surface area contributed by atoms with Crippen LogP contribution in [-0.4, -0.2) is 75.9 Å². The van der Waals surface area contributed by atoms with Crippen LogP contribution in [0, 0.1) is 5.92 Å². The van der Waals surface area contributed by atoms with Gasteiger partial charge < -0.3 is 43.4 Å². The van der Waals surface area contributed by atoms with Crippen LogP contribution in [0.2, 0.25) is 0 Å². The number of nitrogens with two attached hydrogens (primary N) is 3. The van der Waals surface area contributed by atoms with Crippen LogP contribution in [0.5, 0.6) is 0 Å². The Morgan fingerprint density at radius 1 is 0.771 bits per heavy atom. The van der Waals surface area contributed by atoms with Gasteiger partial charge in [-0.15, -0.1) is 0 Å². The maximum atomic E-state index is 13.0. The van der Waals surface area contributed by atoms with Crippen molar-refractivity contribution in [2.75, 3.05) is 0 Å². The first-order chi connectivity index (χ1) is 16.2. The van der Waals surface area contributed by atoms with E-state index in [2.05, 4.69) is 16.0 Å². The molecule has 5 amide bonds. The molecule has 0 heterocycles. The van der Waals surface area contributed by atoms with E-state index >= 15 is 0 Å². The maximum Gasteiger partial charge on any atom is 0.326 e. The molecule has 5 atom stereocenters. The van der Waals surface area contributed by atoms with Crippen LogP contribution in [0.15, 0.2) is 0 Å². The van der Waals surface area contributed by atoms with Crippen molar-refractivity contribution in [1.82, 2.24) is 16.0 Å². The van der Waals surface area contributed by atoms with Crippen LogP contribution in [0.1, 0.15) is 52.4 Å². The Balaban J connectivity index is 5.64. The van der Waals surface area contributed by atoms with Crippen molar-refractivity contribution < 1.29 is 43.8 Å². The highest BCUT2D eigenvalue weighted by molar-refractivity contribution is 5.95. The molecule has 11 N–H and O–H groups in total. The van der Waals surface area contributed by atoms with Gasteiger partial charge in [-0.05, 0) is 18.8 Å². The monoisotopic (exact) mass is 502 g/mol. The van der Waals surface area contributed by atoms with Crippen molar-refractivity contribution in [1.29, 1.82) is 0 Å². The molecule has 0 bridgehead atoms. The maximum absolute atomic E-state index is 13.0. The van der Waals surface area contributed by atoms with Crippen LogP contribution in [0.25, 0.3) is 0 Å². The third kappa shape index (κ3) is 12.3. The minimum absolute atomic E-state index is 0.320. The van der Waals surface area contributed by atoms with E-state index in [1.165, 1.54) is 0 Å². The van der Waals surface area contributed by atoms with E-state index in [4.69, 9.17) is 22.3 Å². The predicted octanol–water partition coefficient (Wildman–Crippen LogP) is -3.10. The Kier molecular flexibility index (Phi) is 13.6. The number of aliphatic carboxylic acids is 2. The third-order valence-corrected chi connectivity index (χ3v) is 5.12. The molecule has 0 aromatic rings. The number of carbonyl (C=O) groups is 7. The van der Waals surface area contributed by atoms with Crippen molar-refractivity contribution in [2.45, 2.75) is 76.5 Å². The van der Waals surface area contributed by atoms with E-state index in [-0.39, 0.29) is 12.8 Å². The second kappa shape index (κ2) is 15.2. The number of carboxylic acids is 2. The Morgan fingerprint density at radius 3 is 1.77 bits per heavy atom. The number of carboxylic acid groups (broad SMARTS) is 2. The van der Waals surface area contributed by atoms with Gasteiger partial charge in [-0.1, -0.05) is 20.3 Å². The van der Waals surface area contributed by atoms with E-state index in [9.17, 15) is 38.7 Å². The standard InChI is InChI=1S/C20H34N6O9/c1-3-9(2)16(26-17(31)10(21)8-14(23)28)19(33)24-11(5-7-15(29)30)18(32)25-12(20(34)35)4-6-13(22)27/h9-12,16H,3-8,21H2,1-2H3,(H2,22,27)(H2,23,28)(H,24,33)(H,25,32)(H,26,31)(H,29,30)(H,34,35). The summed E-state index contributed by atoms with van der Waals surface area (Å²) in [4.78, 5) is 82.4. The molecule has 15 nitrogen and oxygen atoms in total. The summed E-state index contributed by atoms with van der Waals surface area (Å²) >= 11 is 0. The van der Waals surface area contributed by atoms with Crippen LogP contribution < -0.4 is 33.2 Å². The summed E-state index contributed by atoms with van der Waals surface area (Å²) < 4.78 is 0. The van der Waals surface area contributed by atoms with Crippen molar-refractivity contribution in [3.05, 3.63) is 0 Å².